The molecule has 0 aromatic carbocycles. The van der Waals surface area contributed by atoms with Gasteiger partial charge in [0.15, 0.2) is 5.82 Å². The Morgan fingerprint density at radius 3 is 2.67 bits per heavy atom. The zero-order valence-corrected chi connectivity index (χ0v) is 15.1. The molecule has 0 spiro atoms. The molecule has 3 rings (SSSR count). The summed E-state index contributed by atoms with van der Waals surface area (Å²) in [5.41, 5.74) is 0. The van der Waals surface area contributed by atoms with Crippen LogP contribution in [0.2, 0.25) is 0 Å². The average Bonchev–Trinajstić information content (AvgIpc) is 3.07. The van der Waals surface area contributed by atoms with Gasteiger partial charge < -0.3 is 14.3 Å². The van der Waals surface area contributed by atoms with Gasteiger partial charge in [-0.1, -0.05) is 12.1 Å². The topological polar surface area (TPSA) is 65.7 Å². The number of carbonyl (C=O) groups is 1. The van der Waals surface area contributed by atoms with Crippen molar-refractivity contribution in [3.63, 3.8) is 0 Å². The smallest absolute Gasteiger partial charge is 0.239 e. The van der Waals surface area contributed by atoms with Crippen molar-refractivity contribution in [1.29, 1.82) is 0 Å². The zero-order chi connectivity index (χ0) is 17.1. The summed E-state index contributed by atoms with van der Waals surface area (Å²) in [4.78, 5) is 23.9. The summed E-state index contributed by atoms with van der Waals surface area (Å²) in [6.07, 6.45) is 2.11. The third-order valence-electron chi connectivity index (χ3n) is 5.38. The Bertz CT molecular complexity index is 553. The fraction of sp³-hybridized carbons (Fsp3) is 0.824. The van der Waals surface area contributed by atoms with E-state index in [1.165, 1.54) is 0 Å². The third kappa shape index (κ3) is 3.78. The molecular formula is C17H29N5O2. The van der Waals surface area contributed by atoms with Crippen molar-refractivity contribution in [2.75, 3.05) is 45.8 Å². The summed E-state index contributed by atoms with van der Waals surface area (Å²) in [5.74, 6) is 1.90. The Morgan fingerprint density at radius 1 is 1.29 bits per heavy atom. The number of nitrogens with zero attached hydrogens (tertiary/aromatic N) is 5. The number of piperazine rings is 1. The number of hydrogen-bond donors (Lipinski definition) is 0. The van der Waals surface area contributed by atoms with Gasteiger partial charge in [-0.25, -0.2) is 0 Å². The van der Waals surface area contributed by atoms with Gasteiger partial charge in [0.25, 0.3) is 0 Å². The first kappa shape index (κ1) is 17.4. The second kappa shape index (κ2) is 7.61. The Balaban J connectivity index is 1.57. The Labute approximate surface area is 144 Å². The van der Waals surface area contributed by atoms with Crippen LogP contribution < -0.4 is 0 Å². The van der Waals surface area contributed by atoms with Crippen LogP contribution in [0.1, 0.15) is 44.3 Å². The first-order valence-electron chi connectivity index (χ1n) is 9.14. The average molecular weight is 335 g/mol. The summed E-state index contributed by atoms with van der Waals surface area (Å²) in [6.45, 7) is 12.6. The molecule has 24 heavy (non-hydrogen) atoms. The van der Waals surface area contributed by atoms with Gasteiger partial charge in [0, 0.05) is 32.7 Å². The molecule has 1 aromatic rings. The van der Waals surface area contributed by atoms with Gasteiger partial charge in [0.1, 0.15) is 0 Å². The van der Waals surface area contributed by atoms with Crippen molar-refractivity contribution in [1.82, 2.24) is 24.8 Å². The van der Waals surface area contributed by atoms with Crippen molar-refractivity contribution >= 4 is 5.91 Å². The SMILES string of the molecule is CCN1CCN(C(=O)[C@@H](C)N2CCC[C@@H](c3nc(C)no3)C2)CC1. The van der Waals surface area contributed by atoms with Crippen LogP contribution in [-0.2, 0) is 4.79 Å². The number of likely N-dealkylation sites (N-methyl/N-ethyl adjacent to an activating group) is 1. The van der Waals surface area contributed by atoms with Crippen LogP contribution >= 0.6 is 0 Å². The number of amides is 1. The predicted octanol–water partition coefficient (Wildman–Crippen LogP) is 1.11. The minimum Gasteiger partial charge on any atom is -0.339 e. The van der Waals surface area contributed by atoms with Crippen LogP contribution in [0, 0.1) is 6.92 Å². The molecule has 0 bridgehead atoms. The summed E-state index contributed by atoms with van der Waals surface area (Å²) in [7, 11) is 0. The summed E-state index contributed by atoms with van der Waals surface area (Å²) >= 11 is 0. The van der Waals surface area contributed by atoms with E-state index in [1.807, 2.05) is 18.7 Å². The van der Waals surface area contributed by atoms with Gasteiger partial charge >= 0.3 is 0 Å². The highest BCUT2D eigenvalue weighted by Crippen LogP contribution is 2.27. The van der Waals surface area contributed by atoms with Crippen LogP contribution in [0.4, 0.5) is 0 Å². The molecule has 2 fully saturated rings. The Kier molecular flexibility index (Phi) is 5.50. The molecule has 7 nitrogen and oxygen atoms in total. The highest BCUT2D eigenvalue weighted by atomic mass is 16.5. The number of rotatable bonds is 4. The monoisotopic (exact) mass is 335 g/mol. The lowest BCUT2D eigenvalue weighted by Crippen LogP contribution is -2.55. The maximum atomic E-state index is 12.9. The lowest BCUT2D eigenvalue weighted by Gasteiger charge is -2.39. The number of hydrogen-bond acceptors (Lipinski definition) is 6. The molecule has 2 aliphatic heterocycles. The zero-order valence-electron chi connectivity index (χ0n) is 15.1. The predicted molar refractivity (Wildman–Crippen MR) is 90.7 cm³/mol. The minimum atomic E-state index is -0.0787. The number of aryl methyl sites for hydroxylation is 1. The highest BCUT2D eigenvalue weighted by molar-refractivity contribution is 5.81. The van der Waals surface area contributed by atoms with Gasteiger partial charge in [0.2, 0.25) is 11.8 Å². The van der Waals surface area contributed by atoms with E-state index in [-0.39, 0.29) is 17.9 Å². The molecule has 0 aliphatic carbocycles. The molecule has 2 atom stereocenters. The van der Waals surface area contributed by atoms with E-state index in [2.05, 4.69) is 26.9 Å². The molecule has 0 saturated carbocycles. The highest BCUT2D eigenvalue weighted by Gasteiger charge is 2.33. The lowest BCUT2D eigenvalue weighted by atomic mass is 9.96. The molecule has 3 heterocycles. The summed E-state index contributed by atoms with van der Waals surface area (Å²) < 4.78 is 5.34. The van der Waals surface area contributed by atoms with Crippen LogP contribution in [0.25, 0.3) is 0 Å². The fourth-order valence-corrected chi connectivity index (χ4v) is 3.74. The molecule has 0 radical (unpaired) electrons. The van der Waals surface area contributed by atoms with Crippen LogP contribution in [0.15, 0.2) is 4.52 Å². The number of piperidine rings is 1. The van der Waals surface area contributed by atoms with Gasteiger partial charge in [-0.05, 0) is 39.8 Å². The van der Waals surface area contributed by atoms with Crippen LogP contribution in [0.5, 0.6) is 0 Å². The van der Waals surface area contributed by atoms with Crippen molar-refractivity contribution in [2.24, 2.45) is 0 Å². The normalized spacial score (nSPS) is 25.0. The largest absolute Gasteiger partial charge is 0.339 e. The first-order valence-corrected chi connectivity index (χ1v) is 9.14. The van der Waals surface area contributed by atoms with Crippen molar-refractivity contribution in [3.8, 4) is 0 Å². The second-order valence-electron chi connectivity index (χ2n) is 6.95. The van der Waals surface area contributed by atoms with Gasteiger partial charge in [0.05, 0.1) is 12.0 Å². The standard InChI is InChI=1S/C17H29N5O2/c1-4-20-8-10-21(11-9-20)17(23)13(2)22-7-5-6-15(12-22)16-18-14(3)19-24-16/h13,15H,4-12H2,1-3H3/t13-,15-/m1/s1. The Morgan fingerprint density at radius 2 is 2.04 bits per heavy atom. The van der Waals surface area contributed by atoms with E-state index >= 15 is 0 Å². The van der Waals surface area contributed by atoms with E-state index in [0.717, 1.165) is 58.7 Å². The number of carbonyl (C=O) groups excluding carboxylic acids is 1. The van der Waals surface area contributed by atoms with Crippen LogP contribution in [-0.4, -0.2) is 82.6 Å². The number of aromatic nitrogens is 2. The van der Waals surface area contributed by atoms with Crippen LogP contribution in [0.3, 0.4) is 0 Å². The van der Waals surface area contributed by atoms with Gasteiger partial charge in [-0.15, -0.1) is 0 Å². The molecule has 134 valence electrons. The van der Waals surface area contributed by atoms with E-state index in [4.69, 9.17) is 4.52 Å². The molecule has 1 amide bonds. The lowest BCUT2D eigenvalue weighted by molar-refractivity contribution is -0.138. The second-order valence-corrected chi connectivity index (χ2v) is 6.95. The van der Waals surface area contributed by atoms with Gasteiger partial charge in [-0.3, -0.25) is 9.69 Å². The van der Waals surface area contributed by atoms with Crippen molar-refractivity contribution in [3.05, 3.63) is 11.7 Å². The Hall–Kier alpha value is -1.47. The van der Waals surface area contributed by atoms with E-state index < -0.39 is 0 Å². The third-order valence-corrected chi connectivity index (χ3v) is 5.38. The maximum absolute atomic E-state index is 12.9. The molecule has 0 N–H and O–H groups in total. The first-order chi connectivity index (χ1) is 11.6. The quantitative estimate of drug-likeness (QED) is 0.821. The molecule has 7 heteroatoms. The molecular weight excluding hydrogens is 306 g/mol. The molecule has 2 aliphatic rings. The van der Waals surface area contributed by atoms with Gasteiger partial charge in [-0.2, -0.15) is 4.98 Å². The molecule has 0 unspecified atom stereocenters. The fourth-order valence-electron chi connectivity index (χ4n) is 3.74. The maximum Gasteiger partial charge on any atom is 0.239 e. The van der Waals surface area contributed by atoms with Crippen molar-refractivity contribution in [2.45, 2.75) is 45.6 Å². The molecule has 1 aromatic heterocycles. The van der Waals surface area contributed by atoms with E-state index in [9.17, 15) is 4.79 Å². The summed E-state index contributed by atoms with van der Waals surface area (Å²) in [6, 6.07) is -0.0787. The number of likely N-dealkylation sites (tertiary alicyclic amines) is 1. The van der Waals surface area contributed by atoms with Crippen molar-refractivity contribution < 1.29 is 9.32 Å². The van der Waals surface area contributed by atoms with E-state index in [0.29, 0.717) is 11.7 Å². The van der Waals surface area contributed by atoms with E-state index in [1.54, 1.807) is 0 Å². The minimum absolute atomic E-state index is 0.0787. The molecule has 2 saturated heterocycles. The summed E-state index contributed by atoms with van der Waals surface area (Å²) in [5, 5.41) is 3.90.